The summed E-state index contributed by atoms with van der Waals surface area (Å²) in [6, 6.07) is 0. The smallest absolute Gasteiger partial charge is 0.267 e. The summed E-state index contributed by atoms with van der Waals surface area (Å²) in [6.07, 6.45) is 0. The number of hydrogen-bond acceptors (Lipinski definition) is 5. The molecular formula is C5H5Cl3N4O3S2. The van der Waals surface area contributed by atoms with Gasteiger partial charge in [-0.1, -0.05) is 46.1 Å². The lowest BCUT2D eigenvalue weighted by molar-refractivity contribution is -0.117. The van der Waals surface area contributed by atoms with Gasteiger partial charge in [0.05, 0.1) is 0 Å². The maximum atomic E-state index is 11.3. The Labute approximate surface area is 115 Å². The fourth-order valence-corrected chi connectivity index (χ4v) is 2.36. The van der Waals surface area contributed by atoms with Gasteiger partial charge in [0.1, 0.15) is 0 Å². The van der Waals surface area contributed by atoms with Crippen LogP contribution >= 0.6 is 46.1 Å². The van der Waals surface area contributed by atoms with Crippen LogP contribution < -0.4 is 9.94 Å². The van der Waals surface area contributed by atoms with Crippen LogP contribution in [0.4, 0.5) is 0 Å². The van der Waals surface area contributed by atoms with Gasteiger partial charge in [-0.05, 0) is 0 Å². The average Bonchev–Trinajstić information content (AvgIpc) is 2.45. The second-order valence-electron chi connectivity index (χ2n) is 2.73. The SMILES string of the molecule is Cn1nc(S(N)(=O)=O)sc1=NC(=O)C(Cl)(Cl)Cl. The lowest BCUT2D eigenvalue weighted by Crippen LogP contribution is -2.22. The first kappa shape index (κ1) is 14.9. The number of aromatic nitrogens is 2. The van der Waals surface area contributed by atoms with Gasteiger partial charge in [0, 0.05) is 7.05 Å². The largest absolute Gasteiger partial charge is 0.300 e. The van der Waals surface area contributed by atoms with Crippen molar-refractivity contribution in [3.8, 4) is 0 Å². The minimum absolute atomic E-state index is 0.0506. The van der Waals surface area contributed by atoms with Crippen LogP contribution in [-0.2, 0) is 21.9 Å². The normalized spacial score (nSPS) is 14.1. The number of hydrogen-bond donors (Lipinski definition) is 1. The zero-order valence-electron chi connectivity index (χ0n) is 8.09. The van der Waals surface area contributed by atoms with Crippen molar-refractivity contribution in [2.75, 3.05) is 0 Å². The number of alkyl halides is 3. The van der Waals surface area contributed by atoms with Crippen LogP contribution in [-0.4, -0.2) is 27.9 Å². The van der Waals surface area contributed by atoms with Gasteiger partial charge >= 0.3 is 0 Å². The molecule has 1 amide bonds. The van der Waals surface area contributed by atoms with Crippen LogP contribution in [0, 0.1) is 0 Å². The number of primary sulfonamides is 1. The second kappa shape index (κ2) is 4.82. The number of amides is 1. The first-order chi connectivity index (χ1) is 7.51. The minimum atomic E-state index is -3.96. The van der Waals surface area contributed by atoms with E-state index in [0.717, 1.165) is 4.68 Å². The minimum Gasteiger partial charge on any atom is -0.267 e. The van der Waals surface area contributed by atoms with E-state index < -0.39 is 24.1 Å². The molecule has 17 heavy (non-hydrogen) atoms. The van der Waals surface area contributed by atoms with Gasteiger partial charge in [-0.25, -0.2) is 18.2 Å². The van der Waals surface area contributed by atoms with E-state index in [-0.39, 0.29) is 4.80 Å². The molecule has 0 aromatic carbocycles. The molecule has 1 heterocycles. The van der Waals surface area contributed by atoms with Crippen molar-refractivity contribution < 1.29 is 13.2 Å². The molecule has 0 saturated heterocycles. The van der Waals surface area contributed by atoms with Gasteiger partial charge in [0.15, 0.2) is 0 Å². The van der Waals surface area contributed by atoms with Gasteiger partial charge in [0.2, 0.25) is 9.14 Å². The van der Waals surface area contributed by atoms with Crippen molar-refractivity contribution in [3.05, 3.63) is 4.80 Å². The standard InChI is InChI=1S/C5H5Cl3N4O3S2/c1-12-3(10-2(13)5(6,7)8)16-4(11-12)17(9,14)15/h1H3,(H2,9,14,15). The quantitative estimate of drug-likeness (QED) is 0.722. The predicted octanol–water partition coefficient (Wildman–Crippen LogP) is -0.0735. The Balaban J connectivity index is 3.31. The molecule has 0 fully saturated rings. The van der Waals surface area contributed by atoms with Crippen LogP contribution in [0.1, 0.15) is 0 Å². The predicted molar refractivity (Wildman–Crippen MR) is 63.3 cm³/mol. The molecule has 0 unspecified atom stereocenters. The highest BCUT2D eigenvalue weighted by Crippen LogP contribution is 2.27. The lowest BCUT2D eigenvalue weighted by Gasteiger charge is -2.02. The van der Waals surface area contributed by atoms with E-state index in [9.17, 15) is 13.2 Å². The van der Waals surface area contributed by atoms with Crippen molar-refractivity contribution in [2.45, 2.75) is 8.13 Å². The molecule has 96 valence electrons. The molecule has 2 N–H and O–H groups in total. The van der Waals surface area contributed by atoms with E-state index >= 15 is 0 Å². The van der Waals surface area contributed by atoms with Crippen molar-refractivity contribution >= 4 is 62.1 Å². The van der Waals surface area contributed by atoms with E-state index in [2.05, 4.69) is 10.1 Å². The monoisotopic (exact) mass is 338 g/mol. The van der Waals surface area contributed by atoms with Gasteiger partial charge < -0.3 is 0 Å². The second-order valence-corrected chi connectivity index (χ2v) is 7.71. The molecule has 0 aliphatic heterocycles. The average molecular weight is 340 g/mol. The third-order valence-electron chi connectivity index (χ3n) is 1.37. The van der Waals surface area contributed by atoms with Crippen LogP contribution in [0.15, 0.2) is 9.33 Å². The third-order valence-corrected chi connectivity index (χ3v) is 4.16. The number of halogens is 3. The van der Waals surface area contributed by atoms with Crippen molar-refractivity contribution in [1.29, 1.82) is 0 Å². The first-order valence-electron chi connectivity index (χ1n) is 3.74. The molecule has 0 saturated carbocycles. The molecule has 0 atom stereocenters. The third kappa shape index (κ3) is 3.90. The van der Waals surface area contributed by atoms with Crippen LogP contribution in [0.25, 0.3) is 0 Å². The molecule has 0 aliphatic rings. The fourth-order valence-electron chi connectivity index (χ4n) is 0.690. The van der Waals surface area contributed by atoms with E-state index in [4.69, 9.17) is 39.9 Å². The number of nitrogens with zero attached hydrogens (tertiary/aromatic N) is 3. The van der Waals surface area contributed by atoms with Crippen LogP contribution in [0.5, 0.6) is 0 Å². The Morgan fingerprint density at radius 2 is 2.06 bits per heavy atom. The van der Waals surface area contributed by atoms with Crippen molar-refractivity contribution in [2.24, 2.45) is 17.2 Å². The number of nitrogens with two attached hydrogens (primary N) is 1. The summed E-state index contributed by atoms with van der Waals surface area (Å²) in [5.74, 6) is -1.05. The summed E-state index contributed by atoms with van der Waals surface area (Å²) in [5, 5.41) is 8.42. The van der Waals surface area contributed by atoms with Crippen LogP contribution in [0.3, 0.4) is 0 Å². The summed E-state index contributed by atoms with van der Waals surface area (Å²) in [6.45, 7) is 0. The highest BCUT2D eigenvalue weighted by molar-refractivity contribution is 7.91. The van der Waals surface area contributed by atoms with Crippen molar-refractivity contribution in [1.82, 2.24) is 9.78 Å². The molecule has 12 heteroatoms. The molecule has 0 radical (unpaired) electrons. The Hall–Kier alpha value is -0.190. The molecule has 1 aromatic heterocycles. The molecule has 0 spiro atoms. The molecular weight excluding hydrogens is 335 g/mol. The van der Waals surface area contributed by atoms with E-state index in [1.165, 1.54) is 7.05 Å². The van der Waals surface area contributed by atoms with Gasteiger partial charge in [-0.3, -0.25) is 4.79 Å². The van der Waals surface area contributed by atoms with E-state index in [0.29, 0.717) is 11.3 Å². The maximum absolute atomic E-state index is 11.3. The molecule has 1 aromatic rings. The molecule has 7 nitrogen and oxygen atoms in total. The number of carbonyl (C=O) groups is 1. The zero-order chi connectivity index (χ0) is 13.4. The van der Waals surface area contributed by atoms with Gasteiger partial charge in [0.25, 0.3) is 19.7 Å². The maximum Gasteiger partial charge on any atom is 0.300 e. The fraction of sp³-hybridized carbons (Fsp3) is 0.400. The highest BCUT2D eigenvalue weighted by Gasteiger charge is 2.30. The Morgan fingerprint density at radius 1 is 1.53 bits per heavy atom. The Bertz CT molecular complexity index is 611. The summed E-state index contributed by atoms with van der Waals surface area (Å²) in [4.78, 5) is 14.6. The topological polar surface area (TPSA) is 107 Å². The highest BCUT2D eigenvalue weighted by atomic mass is 35.6. The van der Waals surface area contributed by atoms with E-state index in [1.807, 2.05) is 0 Å². The zero-order valence-corrected chi connectivity index (χ0v) is 12.0. The van der Waals surface area contributed by atoms with E-state index in [1.54, 1.807) is 0 Å². The summed E-state index contributed by atoms with van der Waals surface area (Å²) in [7, 11) is -2.59. The Morgan fingerprint density at radius 3 is 2.41 bits per heavy atom. The molecule has 0 bridgehead atoms. The molecule has 1 rings (SSSR count). The van der Waals surface area contributed by atoms with Gasteiger partial charge in [-0.15, -0.1) is 5.10 Å². The number of sulfonamides is 1. The number of carbonyl (C=O) groups excluding carboxylic acids is 1. The summed E-state index contributed by atoms with van der Waals surface area (Å²) < 4.78 is 20.4. The van der Waals surface area contributed by atoms with Gasteiger partial charge in [-0.2, -0.15) is 4.99 Å². The van der Waals surface area contributed by atoms with Crippen LogP contribution in [0.2, 0.25) is 0 Å². The number of rotatable bonds is 1. The summed E-state index contributed by atoms with van der Waals surface area (Å²) in [5.41, 5.74) is 0. The first-order valence-corrected chi connectivity index (χ1v) is 7.24. The Kier molecular flexibility index (Phi) is 4.22. The summed E-state index contributed by atoms with van der Waals surface area (Å²) >= 11 is 16.5. The molecule has 0 aliphatic carbocycles. The number of aryl methyl sites for hydroxylation is 1. The van der Waals surface area contributed by atoms with Crippen molar-refractivity contribution in [3.63, 3.8) is 0 Å². The lowest BCUT2D eigenvalue weighted by atomic mass is 10.7.